The van der Waals surface area contributed by atoms with E-state index < -0.39 is 11.8 Å². The fourth-order valence-corrected chi connectivity index (χ4v) is 2.92. The maximum atomic E-state index is 13.9. The van der Waals surface area contributed by atoms with Crippen molar-refractivity contribution >= 4 is 45.1 Å². The quantitative estimate of drug-likeness (QED) is 0.532. The molecular weight excluding hydrogens is 393 g/mol. The van der Waals surface area contributed by atoms with Crippen LogP contribution in [0.5, 0.6) is 5.75 Å². The van der Waals surface area contributed by atoms with Crippen LogP contribution in [0.3, 0.4) is 0 Å². The third-order valence-corrected chi connectivity index (χ3v) is 3.81. The number of carbonyl (C=O) groups is 2. The van der Waals surface area contributed by atoms with E-state index >= 15 is 0 Å². The van der Waals surface area contributed by atoms with Crippen molar-refractivity contribution in [3.8, 4) is 5.75 Å². The average molecular weight is 409 g/mol. The molecule has 1 aromatic rings. The Balaban J connectivity index is 3.27. The predicted molar refractivity (Wildman–Crippen MR) is 89.5 cm³/mol. The minimum Gasteiger partial charge on any atom is -0.490 e. The van der Waals surface area contributed by atoms with Crippen LogP contribution in [0.25, 0.3) is 0 Å². The number of carbonyl (C=O) groups excluding carboxylic acids is 2. The Labute approximate surface area is 147 Å². The van der Waals surface area contributed by atoms with Gasteiger partial charge in [0.15, 0.2) is 11.6 Å². The molecule has 0 atom stereocenters. The molecule has 0 fully saturated rings. The molecule has 0 bridgehead atoms. The topological polar surface area (TPSA) is 55.8 Å². The van der Waals surface area contributed by atoms with Crippen LogP contribution in [0.2, 0.25) is 5.02 Å². The molecule has 1 rings (SSSR count). The molecule has 0 N–H and O–H groups in total. The number of methoxy groups -OCH3 is 1. The third-order valence-electron chi connectivity index (χ3n) is 2.79. The number of hydrogen-bond acceptors (Lipinski definition) is 4. The van der Waals surface area contributed by atoms with Gasteiger partial charge in [-0.15, -0.1) is 0 Å². The van der Waals surface area contributed by atoms with Crippen molar-refractivity contribution in [3.05, 3.63) is 33.5 Å². The lowest BCUT2D eigenvalue weighted by atomic mass is 10.2. The minimum absolute atomic E-state index is 0.0323. The van der Waals surface area contributed by atoms with Gasteiger partial charge in [0.05, 0.1) is 28.9 Å². The lowest BCUT2D eigenvalue weighted by molar-refractivity contribution is -0.134. The summed E-state index contributed by atoms with van der Waals surface area (Å²) in [4.78, 5) is 24.3. The molecule has 5 nitrogen and oxygen atoms in total. The lowest BCUT2D eigenvalue weighted by Gasteiger charge is -2.23. The molecule has 0 aliphatic rings. The van der Waals surface area contributed by atoms with Crippen LogP contribution in [0, 0.1) is 5.82 Å². The second-order valence-electron chi connectivity index (χ2n) is 4.32. The number of amides is 1. The summed E-state index contributed by atoms with van der Waals surface area (Å²) in [6, 6.07) is 1.08. The summed E-state index contributed by atoms with van der Waals surface area (Å²) in [6.45, 7) is 3.35. The first-order valence-corrected chi connectivity index (χ1v) is 7.83. The van der Waals surface area contributed by atoms with Gasteiger partial charge in [-0.25, -0.2) is 9.18 Å². The number of rotatable bonds is 6. The zero-order chi connectivity index (χ0) is 17.6. The maximum Gasteiger partial charge on any atom is 0.330 e. The van der Waals surface area contributed by atoms with Crippen molar-refractivity contribution in [2.45, 2.75) is 13.8 Å². The van der Waals surface area contributed by atoms with Gasteiger partial charge in [0.2, 0.25) is 5.91 Å². The standard InChI is InChI=1S/C15H16BrClFNO4/c1-4-23-15-11(18)8-10(17)14(13(15)16)19(9(2)20)7-5-6-12(21)22-3/h5-6,8H,4,7H2,1-3H3/b6-5-. The normalized spacial score (nSPS) is 10.7. The van der Waals surface area contributed by atoms with Crippen molar-refractivity contribution in [1.82, 2.24) is 0 Å². The van der Waals surface area contributed by atoms with E-state index in [9.17, 15) is 14.0 Å². The van der Waals surface area contributed by atoms with Crippen LogP contribution in [-0.4, -0.2) is 32.1 Å². The van der Waals surface area contributed by atoms with Crippen LogP contribution in [0.4, 0.5) is 10.1 Å². The molecule has 0 saturated carbocycles. The molecule has 0 aliphatic heterocycles. The monoisotopic (exact) mass is 407 g/mol. The first-order chi connectivity index (χ1) is 10.8. The Kier molecular flexibility index (Phi) is 7.51. The van der Waals surface area contributed by atoms with Gasteiger partial charge in [-0.2, -0.15) is 0 Å². The highest BCUT2D eigenvalue weighted by molar-refractivity contribution is 9.10. The van der Waals surface area contributed by atoms with Crippen LogP contribution in [0.15, 0.2) is 22.7 Å². The smallest absolute Gasteiger partial charge is 0.330 e. The molecule has 1 aromatic carbocycles. The van der Waals surface area contributed by atoms with Gasteiger partial charge >= 0.3 is 5.97 Å². The van der Waals surface area contributed by atoms with E-state index in [0.717, 1.165) is 6.07 Å². The molecule has 0 spiro atoms. The van der Waals surface area contributed by atoms with E-state index in [4.69, 9.17) is 16.3 Å². The Morgan fingerprint density at radius 1 is 1.48 bits per heavy atom. The third kappa shape index (κ3) is 4.94. The molecule has 8 heteroatoms. The Bertz CT molecular complexity index is 636. The molecular formula is C15H16BrClFNO4. The molecule has 0 radical (unpaired) electrons. The number of esters is 1. The van der Waals surface area contributed by atoms with Crippen molar-refractivity contribution in [1.29, 1.82) is 0 Å². The first-order valence-electron chi connectivity index (χ1n) is 6.66. The summed E-state index contributed by atoms with van der Waals surface area (Å²) < 4.78 is 23.9. The van der Waals surface area contributed by atoms with Gasteiger partial charge in [0, 0.05) is 19.5 Å². The number of halogens is 3. The largest absolute Gasteiger partial charge is 0.490 e. The Morgan fingerprint density at radius 3 is 2.65 bits per heavy atom. The van der Waals surface area contributed by atoms with E-state index in [-0.39, 0.29) is 40.0 Å². The van der Waals surface area contributed by atoms with Crippen LogP contribution >= 0.6 is 27.5 Å². The highest BCUT2D eigenvalue weighted by Crippen LogP contribution is 2.42. The van der Waals surface area contributed by atoms with E-state index in [0.29, 0.717) is 0 Å². The summed E-state index contributed by atoms with van der Waals surface area (Å²) >= 11 is 9.31. The van der Waals surface area contributed by atoms with Gasteiger partial charge < -0.3 is 14.4 Å². The number of ether oxygens (including phenoxy) is 2. The summed E-state index contributed by atoms with van der Waals surface area (Å²) in [5.74, 6) is -1.56. The van der Waals surface area contributed by atoms with E-state index in [1.165, 1.54) is 31.1 Å². The number of anilines is 1. The number of nitrogens with zero attached hydrogens (tertiary/aromatic N) is 1. The fraction of sp³-hybridized carbons (Fsp3) is 0.333. The van der Waals surface area contributed by atoms with Gasteiger partial charge in [0.25, 0.3) is 0 Å². The SMILES string of the molecule is CCOc1c(F)cc(Cl)c(N(C/C=C\C(=O)OC)C(C)=O)c1Br. The number of hydrogen-bond donors (Lipinski definition) is 0. The summed E-state index contributed by atoms with van der Waals surface area (Å²) in [5, 5.41) is 0.0412. The zero-order valence-corrected chi connectivity index (χ0v) is 15.2. The van der Waals surface area contributed by atoms with E-state index in [2.05, 4.69) is 20.7 Å². The first kappa shape index (κ1) is 19.4. The molecule has 23 heavy (non-hydrogen) atoms. The maximum absolute atomic E-state index is 13.9. The summed E-state index contributed by atoms with van der Waals surface area (Å²) in [5.41, 5.74) is 0.263. The summed E-state index contributed by atoms with van der Waals surface area (Å²) in [6.07, 6.45) is 2.63. The van der Waals surface area contributed by atoms with E-state index in [1.54, 1.807) is 6.92 Å². The second-order valence-corrected chi connectivity index (χ2v) is 5.52. The average Bonchev–Trinajstić information content (AvgIpc) is 2.49. The minimum atomic E-state index is -0.638. The molecule has 0 aromatic heterocycles. The van der Waals surface area contributed by atoms with Crippen LogP contribution in [-0.2, 0) is 14.3 Å². The number of benzene rings is 1. The van der Waals surface area contributed by atoms with Crippen LogP contribution in [0.1, 0.15) is 13.8 Å². The predicted octanol–water partition coefficient (Wildman–Crippen LogP) is 3.72. The molecule has 126 valence electrons. The lowest BCUT2D eigenvalue weighted by Crippen LogP contribution is -2.29. The van der Waals surface area contributed by atoms with Crippen molar-refractivity contribution in [2.24, 2.45) is 0 Å². The molecule has 0 saturated heterocycles. The van der Waals surface area contributed by atoms with Crippen LogP contribution < -0.4 is 9.64 Å². The zero-order valence-electron chi connectivity index (χ0n) is 12.9. The molecule has 1 amide bonds. The van der Waals surface area contributed by atoms with Gasteiger partial charge in [-0.05, 0) is 28.9 Å². The second kappa shape index (κ2) is 8.88. The van der Waals surface area contributed by atoms with Crippen molar-refractivity contribution in [2.75, 3.05) is 25.2 Å². The van der Waals surface area contributed by atoms with Gasteiger partial charge in [0.1, 0.15) is 0 Å². The van der Waals surface area contributed by atoms with E-state index in [1.807, 2.05) is 0 Å². The molecule has 0 heterocycles. The van der Waals surface area contributed by atoms with Gasteiger partial charge in [-0.3, -0.25) is 4.79 Å². The highest BCUT2D eigenvalue weighted by Gasteiger charge is 2.23. The molecule has 0 unspecified atom stereocenters. The van der Waals surface area contributed by atoms with Crippen molar-refractivity contribution in [3.63, 3.8) is 0 Å². The highest BCUT2D eigenvalue weighted by atomic mass is 79.9. The Hall–Kier alpha value is -1.60. The fourth-order valence-electron chi connectivity index (χ4n) is 1.79. The Morgan fingerprint density at radius 2 is 2.13 bits per heavy atom. The summed E-state index contributed by atoms with van der Waals surface area (Å²) in [7, 11) is 1.25. The van der Waals surface area contributed by atoms with Crippen molar-refractivity contribution < 1.29 is 23.5 Å². The molecule has 0 aliphatic carbocycles. The van der Waals surface area contributed by atoms with Gasteiger partial charge in [-0.1, -0.05) is 17.7 Å².